The standard InChI is InChI=1S/C14H22N4O2/c1-9(2)12(13(15)17-20)14(19)18(4)8-11-7-5-6-10(3)16-11/h5-7,9,12,20H,8H2,1-4H3,(H2,15,17). The number of nitrogens with two attached hydrogens (primary N) is 1. The maximum atomic E-state index is 12.4. The van der Waals surface area contributed by atoms with Gasteiger partial charge in [-0.15, -0.1) is 0 Å². The molecule has 1 heterocycles. The summed E-state index contributed by atoms with van der Waals surface area (Å²) in [6, 6.07) is 5.67. The van der Waals surface area contributed by atoms with Crippen molar-refractivity contribution in [3.05, 3.63) is 29.6 Å². The lowest BCUT2D eigenvalue weighted by atomic mass is 9.93. The number of pyridine rings is 1. The van der Waals surface area contributed by atoms with Gasteiger partial charge >= 0.3 is 0 Å². The fraction of sp³-hybridized carbons (Fsp3) is 0.500. The van der Waals surface area contributed by atoms with Gasteiger partial charge in [0.1, 0.15) is 5.92 Å². The van der Waals surface area contributed by atoms with Crippen molar-refractivity contribution in [1.29, 1.82) is 0 Å². The smallest absolute Gasteiger partial charge is 0.233 e. The Morgan fingerprint density at radius 1 is 1.50 bits per heavy atom. The number of hydrogen-bond donors (Lipinski definition) is 2. The summed E-state index contributed by atoms with van der Waals surface area (Å²) >= 11 is 0. The molecule has 0 aliphatic heterocycles. The molecule has 0 aromatic carbocycles. The van der Waals surface area contributed by atoms with Crippen LogP contribution in [0.3, 0.4) is 0 Å². The first-order valence-electron chi connectivity index (χ1n) is 6.51. The van der Waals surface area contributed by atoms with E-state index in [1.165, 1.54) is 0 Å². The van der Waals surface area contributed by atoms with Crippen LogP contribution in [0.25, 0.3) is 0 Å². The number of aryl methyl sites for hydroxylation is 1. The van der Waals surface area contributed by atoms with Crippen LogP contribution in [-0.4, -0.2) is 33.9 Å². The molecule has 6 heteroatoms. The lowest BCUT2D eigenvalue weighted by Gasteiger charge is -2.25. The second-order valence-electron chi connectivity index (χ2n) is 5.21. The summed E-state index contributed by atoms with van der Waals surface area (Å²) in [4.78, 5) is 18.3. The van der Waals surface area contributed by atoms with Crippen molar-refractivity contribution >= 4 is 11.7 Å². The molecular weight excluding hydrogens is 256 g/mol. The molecule has 1 aromatic rings. The predicted octanol–water partition coefficient (Wildman–Crippen LogP) is 1.37. The first kappa shape index (κ1) is 15.9. The van der Waals surface area contributed by atoms with E-state index in [0.717, 1.165) is 11.4 Å². The zero-order valence-electron chi connectivity index (χ0n) is 12.4. The molecule has 110 valence electrons. The molecule has 1 unspecified atom stereocenters. The number of hydrogen-bond acceptors (Lipinski definition) is 4. The van der Waals surface area contributed by atoms with Crippen LogP contribution < -0.4 is 5.73 Å². The van der Waals surface area contributed by atoms with Crippen LogP contribution >= 0.6 is 0 Å². The summed E-state index contributed by atoms with van der Waals surface area (Å²) < 4.78 is 0. The average Bonchev–Trinajstić information content (AvgIpc) is 2.38. The maximum Gasteiger partial charge on any atom is 0.233 e. The number of carbonyl (C=O) groups excluding carboxylic acids is 1. The largest absolute Gasteiger partial charge is 0.409 e. The highest BCUT2D eigenvalue weighted by atomic mass is 16.4. The van der Waals surface area contributed by atoms with E-state index >= 15 is 0 Å². The summed E-state index contributed by atoms with van der Waals surface area (Å²) in [5.41, 5.74) is 7.32. The third-order valence-electron chi connectivity index (χ3n) is 3.09. The zero-order chi connectivity index (χ0) is 15.3. The van der Waals surface area contributed by atoms with Crippen LogP contribution in [0, 0.1) is 18.8 Å². The molecule has 6 nitrogen and oxygen atoms in total. The average molecular weight is 278 g/mol. The van der Waals surface area contributed by atoms with Crippen LogP contribution in [0.2, 0.25) is 0 Å². The van der Waals surface area contributed by atoms with Gasteiger partial charge in [0.2, 0.25) is 5.91 Å². The van der Waals surface area contributed by atoms with Gasteiger partial charge in [0, 0.05) is 12.7 Å². The highest BCUT2D eigenvalue weighted by Gasteiger charge is 2.29. The van der Waals surface area contributed by atoms with Crippen molar-refractivity contribution in [2.24, 2.45) is 22.7 Å². The van der Waals surface area contributed by atoms with Gasteiger partial charge in [0.05, 0.1) is 12.2 Å². The molecule has 1 aromatic heterocycles. The van der Waals surface area contributed by atoms with Crippen molar-refractivity contribution in [2.75, 3.05) is 7.05 Å². The van der Waals surface area contributed by atoms with Gasteiger partial charge in [-0.25, -0.2) is 0 Å². The van der Waals surface area contributed by atoms with Crippen molar-refractivity contribution in [2.45, 2.75) is 27.3 Å². The number of aromatic nitrogens is 1. The van der Waals surface area contributed by atoms with Crippen LogP contribution in [0.1, 0.15) is 25.2 Å². The number of amidine groups is 1. The summed E-state index contributed by atoms with van der Waals surface area (Å²) in [6.45, 7) is 6.01. The molecule has 0 fully saturated rings. The van der Waals surface area contributed by atoms with Gasteiger partial charge in [-0.1, -0.05) is 25.1 Å². The van der Waals surface area contributed by atoms with E-state index in [4.69, 9.17) is 10.9 Å². The van der Waals surface area contributed by atoms with Crippen molar-refractivity contribution in [3.63, 3.8) is 0 Å². The predicted molar refractivity (Wildman–Crippen MR) is 77.2 cm³/mol. The fourth-order valence-corrected chi connectivity index (χ4v) is 2.06. The van der Waals surface area contributed by atoms with Crippen LogP contribution in [0.4, 0.5) is 0 Å². The van der Waals surface area contributed by atoms with Crippen molar-refractivity contribution < 1.29 is 10.0 Å². The molecule has 0 aliphatic carbocycles. The minimum Gasteiger partial charge on any atom is -0.409 e. The third kappa shape index (κ3) is 3.94. The summed E-state index contributed by atoms with van der Waals surface area (Å²) in [5.74, 6) is -0.922. The first-order valence-corrected chi connectivity index (χ1v) is 6.51. The van der Waals surface area contributed by atoms with Crippen LogP contribution in [-0.2, 0) is 11.3 Å². The zero-order valence-corrected chi connectivity index (χ0v) is 12.4. The topological polar surface area (TPSA) is 91.8 Å². The van der Waals surface area contributed by atoms with Gasteiger partial charge in [-0.05, 0) is 25.0 Å². The van der Waals surface area contributed by atoms with E-state index in [1.807, 2.05) is 39.0 Å². The van der Waals surface area contributed by atoms with Gasteiger partial charge in [-0.3, -0.25) is 9.78 Å². The van der Waals surface area contributed by atoms with Crippen LogP contribution in [0.5, 0.6) is 0 Å². The number of carbonyl (C=O) groups is 1. The number of amides is 1. The lowest BCUT2D eigenvalue weighted by Crippen LogP contribution is -2.42. The molecule has 1 atom stereocenters. The quantitative estimate of drug-likeness (QED) is 0.368. The maximum absolute atomic E-state index is 12.4. The molecule has 0 radical (unpaired) electrons. The molecule has 0 spiro atoms. The molecule has 0 aliphatic rings. The molecule has 20 heavy (non-hydrogen) atoms. The summed E-state index contributed by atoms with van der Waals surface area (Å²) in [6.07, 6.45) is 0. The number of oxime groups is 1. The minimum absolute atomic E-state index is 0.0497. The van der Waals surface area contributed by atoms with Gasteiger partial charge in [0.25, 0.3) is 0 Å². The normalized spacial score (nSPS) is 13.3. The SMILES string of the molecule is Cc1cccc(CN(C)C(=O)C(/C(N)=N/O)C(C)C)n1. The highest BCUT2D eigenvalue weighted by Crippen LogP contribution is 2.15. The monoisotopic (exact) mass is 278 g/mol. The molecular formula is C14H22N4O2. The van der Waals surface area contributed by atoms with Crippen LogP contribution in [0.15, 0.2) is 23.4 Å². The minimum atomic E-state index is -0.630. The Labute approximate surface area is 119 Å². The second-order valence-corrected chi connectivity index (χ2v) is 5.21. The molecule has 1 amide bonds. The highest BCUT2D eigenvalue weighted by molar-refractivity contribution is 6.02. The van der Waals surface area contributed by atoms with Crippen molar-refractivity contribution in [3.8, 4) is 0 Å². The first-order chi connectivity index (χ1) is 9.36. The fourth-order valence-electron chi connectivity index (χ4n) is 2.06. The Morgan fingerprint density at radius 2 is 2.15 bits per heavy atom. The van der Waals surface area contributed by atoms with E-state index in [0.29, 0.717) is 6.54 Å². The van der Waals surface area contributed by atoms with Gasteiger partial charge < -0.3 is 15.8 Å². The van der Waals surface area contributed by atoms with E-state index in [-0.39, 0.29) is 17.7 Å². The van der Waals surface area contributed by atoms with E-state index < -0.39 is 5.92 Å². The Bertz CT molecular complexity index is 500. The Balaban J connectivity index is 2.84. The van der Waals surface area contributed by atoms with E-state index in [2.05, 4.69) is 10.1 Å². The summed E-state index contributed by atoms with van der Waals surface area (Å²) in [7, 11) is 1.69. The lowest BCUT2D eigenvalue weighted by molar-refractivity contribution is -0.133. The Hall–Kier alpha value is -2.11. The molecule has 3 N–H and O–H groups in total. The third-order valence-corrected chi connectivity index (χ3v) is 3.09. The number of rotatable bonds is 5. The molecule has 0 bridgehead atoms. The van der Waals surface area contributed by atoms with Gasteiger partial charge in [-0.2, -0.15) is 0 Å². The molecule has 1 rings (SSSR count). The van der Waals surface area contributed by atoms with Crippen molar-refractivity contribution in [1.82, 2.24) is 9.88 Å². The van der Waals surface area contributed by atoms with E-state index in [1.54, 1.807) is 11.9 Å². The number of nitrogens with zero attached hydrogens (tertiary/aromatic N) is 3. The second kappa shape index (κ2) is 6.88. The van der Waals surface area contributed by atoms with E-state index in [9.17, 15) is 4.79 Å². The van der Waals surface area contributed by atoms with Gasteiger partial charge in [0.15, 0.2) is 5.84 Å². The molecule has 0 saturated carbocycles. The Kier molecular flexibility index (Phi) is 5.49. The molecule has 0 saturated heterocycles. The summed E-state index contributed by atoms with van der Waals surface area (Å²) in [5, 5.41) is 11.8. The Morgan fingerprint density at radius 3 is 2.65 bits per heavy atom.